The van der Waals surface area contributed by atoms with E-state index >= 15 is 0 Å². The molecule has 3 N–H and O–H groups in total. The van der Waals surface area contributed by atoms with E-state index in [0.717, 1.165) is 0 Å². The molecule has 0 saturated heterocycles. The van der Waals surface area contributed by atoms with Gasteiger partial charge in [-0.1, -0.05) is 0 Å². The Hall–Kier alpha value is -1.42. The summed E-state index contributed by atoms with van der Waals surface area (Å²) in [6, 6.07) is 1.59. The van der Waals surface area contributed by atoms with Crippen LogP contribution in [0, 0.1) is 0 Å². The Bertz CT molecular complexity index is 299. The lowest BCUT2D eigenvalue weighted by molar-refractivity contribution is 0.0971. The van der Waals surface area contributed by atoms with E-state index in [0.29, 0.717) is 24.1 Å². The van der Waals surface area contributed by atoms with Gasteiger partial charge in [-0.05, 0) is 12.5 Å². The number of nitrogens with two attached hydrogens (primary N) is 1. The quantitative estimate of drug-likeness (QED) is 0.666. The third-order valence-electron chi connectivity index (χ3n) is 1.64. The van der Waals surface area contributed by atoms with Gasteiger partial charge in [0, 0.05) is 31.0 Å². The molecule has 1 heterocycles. The number of carbonyl (C=O) groups is 1. The summed E-state index contributed by atoms with van der Waals surface area (Å²) in [5, 5.41) is 8.52. The number of nitrogen functional groups attached to an aromatic ring is 1. The van der Waals surface area contributed by atoms with Crippen molar-refractivity contribution in [3.8, 4) is 0 Å². The molecular formula is C9H12N2O2. The maximum atomic E-state index is 11.3. The van der Waals surface area contributed by atoms with Gasteiger partial charge < -0.3 is 10.8 Å². The highest BCUT2D eigenvalue weighted by molar-refractivity contribution is 5.96. The summed E-state index contributed by atoms with van der Waals surface area (Å²) in [6.45, 7) is 0.0293. The Balaban J connectivity index is 2.66. The average molecular weight is 180 g/mol. The minimum absolute atomic E-state index is 0.0293. The molecule has 1 aromatic rings. The number of hydrogen-bond acceptors (Lipinski definition) is 4. The Labute approximate surface area is 76.4 Å². The molecule has 0 saturated carbocycles. The number of Topliss-reactive ketones (excluding diaryl/α,β-unsaturated/α-hetero) is 1. The van der Waals surface area contributed by atoms with Gasteiger partial charge in [-0.2, -0.15) is 0 Å². The molecule has 0 aliphatic carbocycles. The van der Waals surface area contributed by atoms with Gasteiger partial charge in [0.05, 0.1) is 5.69 Å². The first-order valence-electron chi connectivity index (χ1n) is 4.08. The molecule has 0 spiro atoms. The highest BCUT2D eigenvalue weighted by Gasteiger charge is 2.05. The molecule has 13 heavy (non-hydrogen) atoms. The standard InChI is InChI=1S/C9H12N2O2/c10-8-4-7(5-11-6-8)9(13)2-1-3-12/h4-6,12H,1-3,10H2. The first kappa shape index (κ1) is 9.67. The van der Waals surface area contributed by atoms with Gasteiger partial charge in [-0.3, -0.25) is 9.78 Å². The van der Waals surface area contributed by atoms with E-state index in [4.69, 9.17) is 10.8 Å². The largest absolute Gasteiger partial charge is 0.397 e. The minimum atomic E-state index is -0.0335. The van der Waals surface area contributed by atoms with E-state index in [1.54, 1.807) is 6.07 Å². The second-order valence-electron chi connectivity index (χ2n) is 2.76. The van der Waals surface area contributed by atoms with Crippen LogP contribution in [0.25, 0.3) is 0 Å². The molecule has 1 rings (SSSR count). The van der Waals surface area contributed by atoms with E-state index < -0.39 is 0 Å². The van der Waals surface area contributed by atoms with Gasteiger partial charge in [0.2, 0.25) is 0 Å². The number of carbonyl (C=O) groups excluding carboxylic acids is 1. The predicted molar refractivity (Wildman–Crippen MR) is 49.3 cm³/mol. The number of nitrogens with zero attached hydrogens (tertiary/aromatic N) is 1. The van der Waals surface area contributed by atoms with E-state index in [1.807, 2.05) is 0 Å². The summed E-state index contributed by atoms with van der Waals surface area (Å²) in [5.74, 6) is -0.0335. The number of hydrogen-bond donors (Lipinski definition) is 2. The molecule has 0 atom stereocenters. The first-order chi connectivity index (χ1) is 6.24. The molecule has 0 unspecified atom stereocenters. The monoisotopic (exact) mass is 180 g/mol. The zero-order valence-corrected chi connectivity index (χ0v) is 7.23. The number of anilines is 1. The van der Waals surface area contributed by atoms with Crippen molar-refractivity contribution in [3.05, 3.63) is 24.0 Å². The summed E-state index contributed by atoms with van der Waals surface area (Å²) in [5.41, 5.74) is 6.45. The van der Waals surface area contributed by atoms with E-state index in [9.17, 15) is 4.79 Å². The normalized spacial score (nSPS) is 9.92. The Kier molecular flexibility index (Phi) is 3.40. The van der Waals surface area contributed by atoms with E-state index in [1.165, 1.54) is 12.4 Å². The topological polar surface area (TPSA) is 76.2 Å². The lowest BCUT2D eigenvalue weighted by Gasteiger charge is -1.99. The van der Waals surface area contributed by atoms with Gasteiger partial charge in [0.15, 0.2) is 5.78 Å². The van der Waals surface area contributed by atoms with Crippen LogP contribution in [0.4, 0.5) is 5.69 Å². The van der Waals surface area contributed by atoms with Crippen LogP contribution < -0.4 is 5.73 Å². The lowest BCUT2D eigenvalue weighted by atomic mass is 10.1. The molecule has 4 heteroatoms. The maximum Gasteiger partial charge on any atom is 0.164 e. The fourth-order valence-electron chi connectivity index (χ4n) is 0.994. The third kappa shape index (κ3) is 2.83. The number of rotatable bonds is 4. The van der Waals surface area contributed by atoms with Crippen molar-refractivity contribution in [3.63, 3.8) is 0 Å². The molecular weight excluding hydrogens is 168 g/mol. The number of aromatic nitrogens is 1. The van der Waals surface area contributed by atoms with Gasteiger partial charge in [0.1, 0.15) is 0 Å². The van der Waals surface area contributed by atoms with Crippen molar-refractivity contribution in [2.45, 2.75) is 12.8 Å². The van der Waals surface area contributed by atoms with Crippen molar-refractivity contribution in [1.82, 2.24) is 4.98 Å². The molecule has 0 radical (unpaired) electrons. The number of ketones is 1. The molecule has 0 amide bonds. The summed E-state index contributed by atoms with van der Waals surface area (Å²) in [4.78, 5) is 15.2. The van der Waals surface area contributed by atoms with Crippen LogP contribution in [-0.2, 0) is 0 Å². The second-order valence-corrected chi connectivity index (χ2v) is 2.76. The van der Waals surface area contributed by atoms with Gasteiger partial charge in [-0.15, -0.1) is 0 Å². The van der Waals surface area contributed by atoms with Crippen molar-refractivity contribution in [1.29, 1.82) is 0 Å². The maximum absolute atomic E-state index is 11.3. The first-order valence-corrected chi connectivity index (χ1v) is 4.08. The van der Waals surface area contributed by atoms with Gasteiger partial charge in [-0.25, -0.2) is 0 Å². The molecule has 1 aromatic heterocycles. The predicted octanol–water partition coefficient (Wildman–Crippen LogP) is 0.619. The van der Waals surface area contributed by atoms with Crippen LogP contribution in [0.15, 0.2) is 18.5 Å². The number of aliphatic hydroxyl groups excluding tert-OH is 1. The Morgan fingerprint density at radius 2 is 2.31 bits per heavy atom. The fourth-order valence-corrected chi connectivity index (χ4v) is 0.994. The van der Waals surface area contributed by atoms with E-state index in [-0.39, 0.29) is 12.4 Å². The fraction of sp³-hybridized carbons (Fsp3) is 0.333. The van der Waals surface area contributed by atoms with Crippen LogP contribution >= 0.6 is 0 Å². The van der Waals surface area contributed by atoms with E-state index in [2.05, 4.69) is 4.98 Å². The molecule has 70 valence electrons. The third-order valence-corrected chi connectivity index (χ3v) is 1.64. The second kappa shape index (κ2) is 4.57. The van der Waals surface area contributed by atoms with Crippen molar-refractivity contribution in [2.24, 2.45) is 0 Å². The molecule has 0 aliphatic rings. The zero-order chi connectivity index (χ0) is 9.68. The van der Waals surface area contributed by atoms with Crippen LogP contribution in [0.2, 0.25) is 0 Å². The summed E-state index contributed by atoms with van der Waals surface area (Å²) in [6.07, 6.45) is 3.79. The SMILES string of the molecule is Nc1cncc(C(=O)CCCO)c1. The highest BCUT2D eigenvalue weighted by Crippen LogP contribution is 2.07. The number of pyridine rings is 1. The van der Waals surface area contributed by atoms with Crippen LogP contribution in [-0.4, -0.2) is 22.5 Å². The smallest absolute Gasteiger partial charge is 0.164 e. The van der Waals surface area contributed by atoms with Crippen molar-refractivity contribution in [2.75, 3.05) is 12.3 Å². The summed E-state index contributed by atoms with van der Waals surface area (Å²) >= 11 is 0. The average Bonchev–Trinajstić information content (AvgIpc) is 2.14. The lowest BCUT2D eigenvalue weighted by Crippen LogP contribution is -2.02. The highest BCUT2D eigenvalue weighted by atomic mass is 16.3. The molecule has 0 bridgehead atoms. The van der Waals surface area contributed by atoms with Crippen LogP contribution in [0.3, 0.4) is 0 Å². The molecule has 0 aromatic carbocycles. The van der Waals surface area contributed by atoms with Gasteiger partial charge in [0.25, 0.3) is 0 Å². The van der Waals surface area contributed by atoms with Crippen LogP contribution in [0.5, 0.6) is 0 Å². The summed E-state index contributed by atoms with van der Waals surface area (Å²) < 4.78 is 0. The van der Waals surface area contributed by atoms with Crippen molar-refractivity contribution < 1.29 is 9.90 Å². The van der Waals surface area contributed by atoms with Crippen LogP contribution in [0.1, 0.15) is 23.2 Å². The molecule has 4 nitrogen and oxygen atoms in total. The Morgan fingerprint density at radius 3 is 2.92 bits per heavy atom. The molecule has 0 fully saturated rings. The molecule has 0 aliphatic heterocycles. The summed E-state index contributed by atoms with van der Waals surface area (Å²) in [7, 11) is 0. The van der Waals surface area contributed by atoms with Crippen molar-refractivity contribution >= 4 is 11.5 Å². The minimum Gasteiger partial charge on any atom is -0.397 e. The number of aliphatic hydroxyl groups is 1. The Morgan fingerprint density at radius 1 is 1.54 bits per heavy atom. The van der Waals surface area contributed by atoms with Gasteiger partial charge >= 0.3 is 0 Å². The zero-order valence-electron chi connectivity index (χ0n) is 7.23.